The number of aromatic nitrogens is 2. The molecule has 3 aromatic carbocycles. The van der Waals surface area contributed by atoms with Crippen LogP contribution in [0.5, 0.6) is 0 Å². The summed E-state index contributed by atoms with van der Waals surface area (Å²) in [6.07, 6.45) is 3.39. The van der Waals surface area contributed by atoms with E-state index < -0.39 is 5.97 Å². The minimum Gasteiger partial charge on any atom is -0.478 e. The number of nitrogens with two attached hydrogens (primary N) is 1. The number of hydrogen-bond acceptors (Lipinski definition) is 4. The summed E-state index contributed by atoms with van der Waals surface area (Å²) in [5.41, 5.74) is 10.9. The van der Waals surface area contributed by atoms with Crippen molar-refractivity contribution >= 4 is 40.3 Å². The van der Waals surface area contributed by atoms with Crippen molar-refractivity contribution in [1.29, 1.82) is 5.26 Å². The second-order valence-corrected chi connectivity index (χ2v) is 8.74. The number of carbonyl (C=O) groups is 1. The van der Waals surface area contributed by atoms with E-state index in [0.29, 0.717) is 28.3 Å². The van der Waals surface area contributed by atoms with Crippen molar-refractivity contribution in [3.63, 3.8) is 0 Å². The van der Waals surface area contributed by atoms with Gasteiger partial charge in [0.05, 0.1) is 16.1 Å². The highest BCUT2D eigenvalue weighted by Crippen LogP contribution is 2.31. The second kappa shape index (κ2) is 10.5. The number of carboxylic acids is 1. The number of imidazole rings is 1. The summed E-state index contributed by atoms with van der Waals surface area (Å²) in [6, 6.07) is 18.5. The molecule has 0 saturated heterocycles. The Morgan fingerprint density at radius 3 is 2.61 bits per heavy atom. The summed E-state index contributed by atoms with van der Waals surface area (Å²) < 4.78 is 2.12. The number of rotatable bonds is 7. The average Bonchev–Trinajstić information content (AvgIpc) is 3.22. The lowest BCUT2D eigenvalue weighted by atomic mass is 9.99. The van der Waals surface area contributed by atoms with E-state index in [1.807, 2.05) is 42.5 Å². The van der Waals surface area contributed by atoms with Crippen LogP contribution >= 0.6 is 11.6 Å². The second-order valence-electron chi connectivity index (χ2n) is 8.34. The fourth-order valence-electron chi connectivity index (χ4n) is 4.15. The molecular formula is C27H25ClN6O2. The molecule has 0 atom stereocenters. The quantitative estimate of drug-likeness (QED) is 0.202. The highest BCUT2D eigenvalue weighted by Gasteiger charge is 2.17. The Bertz CT molecular complexity index is 1500. The molecule has 0 unspecified atom stereocenters. The molecule has 9 heteroatoms. The standard InChI is InChI=1S/C27H25ClN6O2/c1-3-6-24-32-25-22(28)13-19(33(2)27(30)31-16-29)14-23(25)34(24)15-17-9-11-18(12-10-17)20-7-4-5-8-21(20)26(35)36/h4-5,7-14H,3,6,15H2,1-2H3,(H2,30,31)(H,35,36). The third-order valence-corrected chi connectivity index (χ3v) is 6.29. The van der Waals surface area contributed by atoms with Gasteiger partial charge in [0, 0.05) is 25.7 Å². The lowest BCUT2D eigenvalue weighted by Crippen LogP contribution is -2.33. The number of nitrogens with zero attached hydrogens (tertiary/aromatic N) is 5. The molecule has 0 amide bonds. The van der Waals surface area contributed by atoms with Gasteiger partial charge in [-0.15, -0.1) is 4.99 Å². The summed E-state index contributed by atoms with van der Waals surface area (Å²) in [6.45, 7) is 2.65. The Morgan fingerprint density at radius 2 is 1.94 bits per heavy atom. The molecule has 36 heavy (non-hydrogen) atoms. The van der Waals surface area contributed by atoms with Crippen molar-refractivity contribution in [2.45, 2.75) is 26.3 Å². The lowest BCUT2D eigenvalue weighted by Gasteiger charge is -2.18. The van der Waals surface area contributed by atoms with Crippen LogP contribution in [0.2, 0.25) is 5.02 Å². The Morgan fingerprint density at radius 1 is 1.22 bits per heavy atom. The van der Waals surface area contributed by atoms with Crippen molar-refractivity contribution < 1.29 is 9.90 Å². The number of anilines is 1. The van der Waals surface area contributed by atoms with Crippen LogP contribution in [0.25, 0.3) is 22.2 Å². The van der Waals surface area contributed by atoms with Crippen LogP contribution in [0, 0.1) is 11.5 Å². The van der Waals surface area contributed by atoms with Crippen LogP contribution in [0.3, 0.4) is 0 Å². The first-order chi connectivity index (χ1) is 17.3. The van der Waals surface area contributed by atoms with E-state index in [0.717, 1.165) is 35.3 Å². The minimum absolute atomic E-state index is 0.0602. The van der Waals surface area contributed by atoms with Crippen molar-refractivity contribution in [2.24, 2.45) is 10.7 Å². The Kier molecular flexibility index (Phi) is 7.23. The van der Waals surface area contributed by atoms with Crippen LogP contribution < -0.4 is 10.6 Å². The van der Waals surface area contributed by atoms with Gasteiger partial charge >= 0.3 is 5.97 Å². The topological polar surface area (TPSA) is 121 Å². The normalized spacial score (nSPS) is 11.4. The number of hydrogen-bond donors (Lipinski definition) is 2. The lowest BCUT2D eigenvalue weighted by molar-refractivity contribution is 0.0697. The average molecular weight is 501 g/mol. The maximum atomic E-state index is 11.6. The summed E-state index contributed by atoms with van der Waals surface area (Å²) in [5, 5.41) is 18.9. The van der Waals surface area contributed by atoms with E-state index in [9.17, 15) is 9.90 Å². The number of aliphatic imine (C=N–C) groups is 1. The number of fused-ring (bicyclic) bond motifs is 1. The third kappa shape index (κ3) is 4.88. The van der Waals surface area contributed by atoms with Gasteiger partial charge < -0.3 is 20.3 Å². The Balaban J connectivity index is 1.75. The first-order valence-electron chi connectivity index (χ1n) is 11.4. The fourth-order valence-corrected chi connectivity index (χ4v) is 4.40. The number of aryl methyl sites for hydroxylation is 1. The van der Waals surface area contributed by atoms with Gasteiger partial charge in [-0.05, 0) is 41.3 Å². The largest absolute Gasteiger partial charge is 0.478 e. The zero-order valence-electron chi connectivity index (χ0n) is 19.9. The maximum Gasteiger partial charge on any atom is 0.336 e. The molecule has 0 aliphatic rings. The van der Waals surface area contributed by atoms with Gasteiger partial charge in [0.2, 0.25) is 12.2 Å². The summed E-state index contributed by atoms with van der Waals surface area (Å²) >= 11 is 6.61. The molecule has 0 aliphatic heterocycles. The molecule has 0 spiro atoms. The van der Waals surface area contributed by atoms with Crippen LogP contribution in [0.4, 0.5) is 5.69 Å². The van der Waals surface area contributed by atoms with Gasteiger partial charge in [0.1, 0.15) is 11.3 Å². The highest BCUT2D eigenvalue weighted by molar-refractivity contribution is 6.35. The molecule has 1 aromatic heterocycles. The summed E-state index contributed by atoms with van der Waals surface area (Å²) in [5.74, 6) is 0.0139. The zero-order chi connectivity index (χ0) is 25.8. The maximum absolute atomic E-state index is 11.6. The van der Waals surface area contributed by atoms with E-state index in [1.165, 1.54) is 0 Å². The first-order valence-corrected chi connectivity index (χ1v) is 11.8. The van der Waals surface area contributed by atoms with Crippen molar-refractivity contribution in [2.75, 3.05) is 11.9 Å². The van der Waals surface area contributed by atoms with Crippen LogP contribution in [-0.4, -0.2) is 33.6 Å². The number of nitriles is 1. The molecule has 0 aliphatic carbocycles. The van der Waals surface area contributed by atoms with Crippen LogP contribution in [-0.2, 0) is 13.0 Å². The molecule has 0 saturated carbocycles. The molecule has 0 fully saturated rings. The number of aromatic carboxylic acids is 1. The molecule has 4 rings (SSSR count). The molecule has 4 aromatic rings. The van der Waals surface area contributed by atoms with E-state index in [-0.39, 0.29) is 11.5 Å². The summed E-state index contributed by atoms with van der Waals surface area (Å²) in [4.78, 5) is 21.6. The minimum atomic E-state index is -0.957. The number of carboxylic acid groups (broad SMARTS) is 1. The van der Waals surface area contributed by atoms with Gasteiger partial charge in [0.15, 0.2) is 0 Å². The number of guanidine groups is 1. The molecular weight excluding hydrogens is 476 g/mol. The summed E-state index contributed by atoms with van der Waals surface area (Å²) in [7, 11) is 1.72. The Hall–Kier alpha value is -4.35. The number of benzene rings is 3. The molecule has 182 valence electrons. The SMILES string of the molecule is CCCc1nc2c(Cl)cc(N(C)C(N)=NC#N)cc2n1Cc1ccc(-c2ccccc2C(=O)O)cc1. The van der Waals surface area contributed by atoms with Gasteiger partial charge in [-0.25, -0.2) is 9.78 Å². The van der Waals surface area contributed by atoms with Crippen molar-refractivity contribution in [3.05, 3.63) is 82.6 Å². The molecule has 1 heterocycles. The van der Waals surface area contributed by atoms with Gasteiger partial charge in [-0.2, -0.15) is 5.26 Å². The van der Waals surface area contributed by atoms with Crippen LogP contribution in [0.1, 0.15) is 35.1 Å². The molecule has 8 nitrogen and oxygen atoms in total. The van der Waals surface area contributed by atoms with Crippen LogP contribution in [0.15, 0.2) is 65.7 Å². The number of halogens is 1. The predicted molar refractivity (Wildman–Crippen MR) is 142 cm³/mol. The highest BCUT2D eigenvalue weighted by atomic mass is 35.5. The monoisotopic (exact) mass is 500 g/mol. The fraction of sp³-hybridized carbons (Fsp3) is 0.185. The van der Waals surface area contributed by atoms with E-state index in [1.54, 1.807) is 36.3 Å². The first kappa shape index (κ1) is 24.8. The third-order valence-electron chi connectivity index (χ3n) is 6.00. The molecule has 0 bridgehead atoms. The smallest absolute Gasteiger partial charge is 0.336 e. The van der Waals surface area contributed by atoms with E-state index in [4.69, 9.17) is 27.6 Å². The molecule has 0 radical (unpaired) electrons. The van der Waals surface area contributed by atoms with Gasteiger partial charge in [-0.1, -0.05) is 61.0 Å². The predicted octanol–water partition coefficient (Wildman–Crippen LogP) is 5.29. The van der Waals surface area contributed by atoms with Gasteiger partial charge in [-0.3, -0.25) is 0 Å². The Labute approximate surface area is 213 Å². The van der Waals surface area contributed by atoms with Gasteiger partial charge in [0.25, 0.3) is 0 Å². The molecule has 3 N–H and O–H groups in total. The van der Waals surface area contributed by atoms with Crippen molar-refractivity contribution in [1.82, 2.24) is 9.55 Å². The zero-order valence-corrected chi connectivity index (χ0v) is 20.7. The van der Waals surface area contributed by atoms with E-state index >= 15 is 0 Å². The van der Waals surface area contributed by atoms with E-state index in [2.05, 4.69) is 16.5 Å². The van der Waals surface area contributed by atoms with Crippen molar-refractivity contribution in [3.8, 4) is 17.3 Å².